The lowest BCUT2D eigenvalue weighted by Crippen LogP contribution is -2.10. The summed E-state index contributed by atoms with van der Waals surface area (Å²) in [5.74, 6) is 0. The first kappa shape index (κ1) is 13.0. The fourth-order valence-electron chi connectivity index (χ4n) is 2.11. The second-order valence-corrected chi connectivity index (χ2v) is 4.67. The molecule has 0 unspecified atom stereocenters. The molecule has 3 aromatic rings. The SMILES string of the molecule is Cc1ccc([N+](=O)[O-])cc1NCn1nnc2ccccc21. The number of aryl methyl sites for hydroxylation is 1. The average molecular weight is 283 g/mol. The highest BCUT2D eigenvalue weighted by atomic mass is 16.6. The van der Waals surface area contributed by atoms with Crippen molar-refractivity contribution in [3.05, 3.63) is 58.1 Å². The molecule has 2 aromatic carbocycles. The number of nitrogens with one attached hydrogen (secondary N) is 1. The van der Waals surface area contributed by atoms with Crippen molar-refractivity contribution in [2.45, 2.75) is 13.6 Å². The van der Waals surface area contributed by atoms with Crippen LogP contribution in [0.4, 0.5) is 11.4 Å². The number of rotatable bonds is 4. The lowest BCUT2D eigenvalue weighted by molar-refractivity contribution is -0.384. The maximum Gasteiger partial charge on any atom is 0.271 e. The predicted molar refractivity (Wildman–Crippen MR) is 79.0 cm³/mol. The standard InChI is InChI=1S/C14H13N5O2/c1-10-6-7-11(19(20)21)8-13(10)15-9-18-14-5-3-2-4-12(14)16-17-18/h2-8,15H,9H2,1H3. The number of nitrogens with zero attached hydrogens (tertiary/aromatic N) is 4. The van der Waals surface area contributed by atoms with Crippen LogP contribution in [0.1, 0.15) is 5.56 Å². The number of nitro benzene ring substituents is 1. The van der Waals surface area contributed by atoms with Crippen LogP contribution >= 0.6 is 0 Å². The Bertz CT molecular complexity index is 812. The molecule has 106 valence electrons. The number of non-ortho nitro benzene ring substituents is 1. The van der Waals surface area contributed by atoms with E-state index in [4.69, 9.17) is 0 Å². The molecule has 0 aliphatic rings. The minimum atomic E-state index is -0.407. The molecule has 21 heavy (non-hydrogen) atoms. The van der Waals surface area contributed by atoms with Gasteiger partial charge in [-0.05, 0) is 24.6 Å². The van der Waals surface area contributed by atoms with E-state index in [0.29, 0.717) is 12.4 Å². The van der Waals surface area contributed by atoms with Crippen LogP contribution in [-0.4, -0.2) is 19.9 Å². The van der Waals surface area contributed by atoms with E-state index in [1.54, 1.807) is 10.7 Å². The summed E-state index contributed by atoms with van der Waals surface area (Å²) in [5.41, 5.74) is 3.43. The van der Waals surface area contributed by atoms with Crippen molar-refractivity contribution in [2.75, 3.05) is 5.32 Å². The number of hydrogen-bond donors (Lipinski definition) is 1. The zero-order chi connectivity index (χ0) is 14.8. The third kappa shape index (κ3) is 2.53. The molecule has 0 amide bonds. The highest BCUT2D eigenvalue weighted by Crippen LogP contribution is 2.22. The van der Waals surface area contributed by atoms with E-state index in [2.05, 4.69) is 15.6 Å². The first-order valence-corrected chi connectivity index (χ1v) is 6.42. The van der Waals surface area contributed by atoms with Gasteiger partial charge in [0.2, 0.25) is 0 Å². The largest absolute Gasteiger partial charge is 0.366 e. The maximum atomic E-state index is 10.8. The number of aromatic nitrogens is 3. The van der Waals surface area contributed by atoms with Crippen LogP contribution in [0.2, 0.25) is 0 Å². The van der Waals surface area contributed by atoms with Gasteiger partial charge in [-0.2, -0.15) is 0 Å². The molecule has 0 atom stereocenters. The van der Waals surface area contributed by atoms with Crippen molar-refractivity contribution in [3.8, 4) is 0 Å². The monoisotopic (exact) mass is 283 g/mol. The Labute approximate surface area is 120 Å². The molecule has 0 bridgehead atoms. The van der Waals surface area contributed by atoms with Gasteiger partial charge >= 0.3 is 0 Å². The minimum Gasteiger partial charge on any atom is -0.366 e. The summed E-state index contributed by atoms with van der Waals surface area (Å²) < 4.78 is 1.72. The van der Waals surface area contributed by atoms with Crippen LogP contribution in [-0.2, 0) is 6.67 Å². The number of nitro groups is 1. The fourth-order valence-corrected chi connectivity index (χ4v) is 2.11. The van der Waals surface area contributed by atoms with Gasteiger partial charge in [-0.15, -0.1) is 5.10 Å². The molecule has 0 saturated carbocycles. The van der Waals surface area contributed by atoms with Gasteiger partial charge in [0.25, 0.3) is 5.69 Å². The molecule has 0 aliphatic heterocycles. The zero-order valence-corrected chi connectivity index (χ0v) is 11.4. The second-order valence-electron chi connectivity index (χ2n) is 4.67. The quantitative estimate of drug-likeness (QED) is 0.587. The predicted octanol–water partition coefficient (Wildman–Crippen LogP) is 2.72. The number of hydrogen-bond acceptors (Lipinski definition) is 5. The molecule has 3 rings (SSSR count). The van der Waals surface area contributed by atoms with Crippen LogP contribution in [0.15, 0.2) is 42.5 Å². The summed E-state index contributed by atoms with van der Waals surface area (Å²) in [6.45, 7) is 2.29. The van der Waals surface area contributed by atoms with Gasteiger partial charge in [-0.1, -0.05) is 23.4 Å². The van der Waals surface area contributed by atoms with E-state index in [0.717, 1.165) is 16.6 Å². The van der Waals surface area contributed by atoms with Crippen LogP contribution in [0.3, 0.4) is 0 Å². The summed E-state index contributed by atoms with van der Waals surface area (Å²) in [7, 11) is 0. The highest BCUT2D eigenvalue weighted by Gasteiger charge is 2.09. The molecular weight excluding hydrogens is 270 g/mol. The van der Waals surface area contributed by atoms with Gasteiger partial charge in [0.1, 0.15) is 12.2 Å². The second kappa shape index (κ2) is 5.20. The van der Waals surface area contributed by atoms with E-state index >= 15 is 0 Å². The Kier molecular flexibility index (Phi) is 3.23. The Morgan fingerprint density at radius 2 is 2.10 bits per heavy atom. The number of benzene rings is 2. The Hall–Kier alpha value is -2.96. The van der Waals surface area contributed by atoms with Gasteiger partial charge in [-0.3, -0.25) is 10.1 Å². The molecule has 7 heteroatoms. The molecule has 0 radical (unpaired) electrons. The van der Waals surface area contributed by atoms with Gasteiger partial charge in [0.05, 0.1) is 10.4 Å². The zero-order valence-electron chi connectivity index (χ0n) is 11.4. The summed E-state index contributed by atoms with van der Waals surface area (Å²) in [6, 6.07) is 12.4. The van der Waals surface area contributed by atoms with E-state index in [1.807, 2.05) is 31.2 Å². The van der Waals surface area contributed by atoms with E-state index in [9.17, 15) is 10.1 Å². The van der Waals surface area contributed by atoms with Crippen LogP contribution in [0, 0.1) is 17.0 Å². The summed E-state index contributed by atoms with van der Waals surface area (Å²) in [4.78, 5) is 10.4. The van der Waals surface area contributed by atoms with Crippen molar-refractivity contribution in [1.82, 2.24) is 15.0 Å². The van der Waals surface area contributed by atoms with Gasteiger partial charge in [0.15, 0.2) is 0 Å². The van der Waals surface area contributed by atoms with E-state index < -0.39 is 4.92 Å². The summed E-state index contributed by atoms with van der Waals surface area (Å²) in [6.07, 6.45) is 0. The first-order valence-electron chi connectivity index (χ1n) is 6.42. The first-order chi connectivity index (χ1) is 10.1. The molecule has 0 fully saturated rings. The average Bonchev–Trinajstić information content (AvgIpc) is 2.89. The maximum absolute atomic E-state index is 10.8. The molecule has 1 heterocycles. The Balaban J connectivity index is 1.84. The molecule has 0 aliphatic carbocycles. The smallest absolute Gasteiger partial charge is 0.271 e. The van der Waals surface area contributed by atoms with Gasteiger partial charge in [0, 0.05) is 17.8 Å². The third-order valence-corrected chi connectivity index (χ3v) is 3.27. The molecule has 1 aromatic heterocycles. The third-order valence-electron chi connectivity index (χ3n) is 3.27. The topological polar surface area (TPSA) is 85.9 Å². The van der Waals surface area contributed by atoms with Crippen molar-refractivity contribution in [3.63, 3.8) is 0 Å². The fraction of sp³-hybridized carbons (Fsp3) is 0.143. The highest BCUT2D eigenvalue weighted by molar-refractivity contribution is 5.73. The normalized spacial score (nSPS) is 10.7. The van der Waals surface area contributed by atoms with Crippen molar-refractivity contribution >= 4 is 22.4 Å². The van der Waals surface area contributed by atoms with Crippen LogP contribution in [0.5, 0.6) is 0 Å². The molecule has 0 spiro atoms. The number of fused-ring (bicyclic) bond motifs is 1. The number of anilines is 1. The molecule has 1 N–H and O–H groups in total. The number of para-hydroxylation sites is 1. The lowest BCUT2D eigenvalue weighted by Gasteiger charge is -2.09. The summed E-state index contributed by atoms with van der Waals surface area (Å²) in [5, 5.41) is 22.1. The molecule has 7 nitrogen and oxygen atoms in total. The van der Waals surface area contributed by atoms with Crippen molar-refractivity contribution in [2.24, 2.45) is 0 Å². The minimum absolute atomic E-state index is 0.0616. The van der Waals surface area contributed by atoms with Gasteiger partial charge < -0.3 is 5.32 Å². The van der Waals surface area contributed by atoms with Crippen LogP contribution in [0.25, 0.3) is 11.0 Å². The van der Waals surface area contributed by atoms with E-state index in [-0.39, 0.29) is 5.69 Å². The van der Waals surface area contributed by atoms with Crippen LogP contribution < -0.4 is 5.32 Å². The van der Waals surface area contributed by atoms with Crippen molar-refractivity contribution in [1.29, 1.82) is 0 Å². The lowest BCUT2D eigenvalue weighted by atomic mass is 10.2. The Morgan fingerprint density at radius 1 is 1.29 bits per heavy atom. The van der Waals surface area contributed by atoms with Crippen molar-refractivity contribution < 1.29 is 4.92 Å². The molecular formula is C14H13N5O2. The van der Waals surface area contributed by atoms with Gasteiger partial charge in [-0.25, -0.2) is 4.68 Å². The summed E-state index contributed by atoms with van der Waals surface area (Å²) >= 11 is 0. The van der Waals surface area contributed by atoms with E-state index in [1.165, 1.54) is 12.1 Å². The Morgan fingerprint density at radius 3 is 2.90 bits per heavy atom. The molecule has 0 saturated heterocycles.